The summed E-state index contributed by atoms with van der Waals surface area (Å²) in [5.41, 5.74) is 0.884. The maximum absolute atomic E-state index is 12.3. The number of hydrogen-bond donors (Lipinski definition) is 2. The SMILES string of the molecule is CC1(C)Cc2cc(NC(=O)c3ccccc3O)sc2C(C)(C)O1. The molecule has 2 N–H and O–H groups in total. The minimum Gasteiger partial charge on any atom is -0.507 e. The van der Waals surface area contributed by atoms with Crippen LogP contribution in [0, 0.1) is 0 Å². The number of aromatic hydroxyl groups is 1. The highest BCUT2D eigenvalue weighted by molar-refractivity contribution is 7.16. The maximum atomic E-state index is 12.3. The first-order valence-corrected chi connectivity index (χ1v) is 8.42. The number of fused-ring (bicyclic) bond motifs is 1. The van der Waals surface area contributed by atoms with Crippen molar-refractivity contribution in [2.75, 3.05) is 5.32 Å². The average Bonchev–Trinajstić information content (AvgIpc) is 2.80. The van der Waals surface area contributed by atoms with Crippen LogP contribution in [0.25, 0.3) is 0 Å². The summed E-state index contributed by atoms with van der Waals surface area (Å²) in [7, 11) is 0. The van der Waals surface area contributed by atoms with Crippen LogP contribution in [0.4, 0.5) is 5.00 Å². The Bertz CT molecular complexity index is 761. The molecular weight excluding hydrogens is 310 g/mol. The van der Waals surface area contributed by atoms with Crippen molar-refractivity contribution in [1.82, 2.24) is 0 Å². The number of amides is 1. The molecule has 1 aliphatic heterocycles. The molecule has 5 heteroatoms. The van der Waals surface area contributed by atoms with Crippen molar-refractivity contribution < 1.29 is 14.6 Å². The average molecular weight is 331 g/mol. The van der Waals surface area contributed by atoms with Gasteiger partial charge in [-0.2, -0.15) is 0 Å². The van der Waals surface area contributed by atoms with Crippen LogP contribution in [0.3, 0.4) is 0 Å². The number of para-hydroxylation sites is 1. The fourth-order valence-electron chi connectivity index (χ4n) is 3.21. The van der Waals surface area contributed by atoms with Gasteiger partial charge in [0.25, 0.3) is 5.91 Å². The zero-order valence-electron chi connectivity index (χ0n) is 13.8. The van der Waals surface area contributed by atoms with Crippen molar-refractivity contribution in [2.24, 2.45) is 0 Å². The third kappa shape index (κ3) is 3.12. The molecule has 1 aromatic heterocycles. The number of thiophene rings is 1. The Morgan fingerprint density at radius 1 is 1.26 bits per heavy atom. The molecule has 1 amide bonds. The lowest BCUT2D eigenvalue weighted by Crippen LogP contribution is -2.41. The Hall–Kier alpha value is -1.85. The van der Waals surface area contributed by atoms with E-state index in [1.807, 2.05) is 6.07 Å². The van der Waals surface area contributed by atoms with Crippen LogP contribution in [0.1, 0.15) is 48.5 Å². The molecule has 23 heavy (non-hydrogen) atoms. The van der Waals surface area contributed by atoms with Crippen LogP contribution < -0.4 is 5.32 Å². The second kappa shape index (κ2) is 5.35. The monoisotopic (exact) mass is 331 g/mol. The molecule has 4 nitrogen and oxygen atoms in total. The highest BCUT2D eigenvalue weighted by Gasteiger charge is 2.39. The van der Waals surface area contributed by atoms with Crippen LogP contribution in [0.2, 0.25) is 0 Å². The third-order valence-electron chi connectivity index (χ3n) is 3.89. The van der Waals surface area contributed by atoms with Crippen molar-refractivity contribution in [3.8, 4) is 5.75 Å². The minimum atomic E-state index is -0.375. The van der Waals surface area contributed by atoms with E-state index >= 15 is 0 Å². The number of phenols is 1. The van der Waals surface area contributed by atoms with Crippen molar-refractivity contribution in [3.63, 3.8) is 0 Å². The van der Waals surface area contributed by atoms with E-state index in [4.69, 9.17) is 4.74 Å². The summed E-state index contributed by atoms with van der Waals surface area (Å²) in [6, 6.07) is 8.55. The van der Waals surface area contributed by atoms with Gasteiger partial charge in [0.1, 0.15) is 5.75 Å². The van der Waals surface area contributed by atoms with Crippen molar-refractivity contribution in [1.29, 1.82) is 0 Å². The van der Waals surface area contributed by atoms with Crippen LogP contribution >= 0.6 is 11.3 Å². The summed E-state index contributed by atoms with van der Waals surface area (Å²) in [5, 5.41) is 13.5. The van der Waals surface area contributed by atoms with E-state index in [9.17, 15) is 9.90 Å². The zero-order chi connectivity index (χ0) is 16.8. The van der Waals surface area contributed by atoms with Crippen LogP contribution in [0.5, 0.6) is 5.75 Å². The topological polar surface area (TPSA) is 58.6 Å². The lowest BCUT2D eigenvalue weighted by Gasteiger charge is -2.41. The van der Waals surface area contributed by atoms with Gasteiger partial charge in [-0.05, 0) is 51.5 Å². The summed E-state index contributed by atoms with van der Waals surface area (Å²) in [4.78, 5) is 13.5. The van der Waals surface area contributed by atoms with Crippen LogP contribution in [-0.2, 0) is 16.8 Å². The van der Waals surface area contributed by atoms with Gasteiger partial charge in [-0.3, -0.25) is 4.79 Å². The fourth-order valence-corrected chi connectivity index (χ4v) is 4.32. The summed E-state index contributed by atoms with van der Waals surface area (Å²) < 4.78 is 6.17. The van der Waals surface area contributed by atoms with E-state index in [2.05, 4.69) is 33.0 Å². The van der Waals surface area contributed by atoms with E-state index in [0.717, 1.165) is 16.3 Å². The van der Waals surface area contributed by atoms with Gasteiger partial charge in [0.15, 0.2) is 0 Å². The molecule has 0 saturated carbocycles. The molecule has 1 aromatic carbocycles. The Morgan fingerprint density at radius 2 is 1.96 bits per heavy atom. The van der Waals surface area contributed by atoms with E-state index < -0.39 is 0 Å². The molecule has 0 bridgehead atoms. The number of phenolic OH excluding ortho intramolecular Hbond substituents is 1. The molecule has 0 unspecified atom stereocenters. The maximum Gasteiger partial charge on any atom is 0.260 e. The van der Waals surface area contributed by atoms with Gasteiger partial charge in [-0.1, -0.05) is 12.1 Å². The largest absolute Gasteiger partial charge is 0.507 e. The summed E-state index contributed by atoms with van der Waals surface area (Å²) in [6.45, 7) is 8.26. The first-order valence-electron chi connectivity index (χ1n) is 7.61. The Kier molecular flexibility index (Phi) is 3.73. The van der Waals surface area contributed by atoms with Crippen LogP contribution in [-0.4, -0.2) is 16.6 Å². The van der Waals surface area contributed by atoms with E-state index in [0.29, 0.717) is 0 Å². The fraction of sp³-hybridized carbons (Fsp3) is 0.389. The van der Waals surface area contributed by atoms with Crippen molar-refractivity contribution >= 4 is 22.2 Å². The van der Waals surface area contributed by atoms with Gasteiger partial charge >= 0.3 is 0 Å². The molecule has 2 aromatic rings. The van der Waals surface area contributed by atoms with Gasteiger partial charge in [-0.25, -0.2) is 0 Å². The van der Waals surface area contributed by atoms with Crippen molar-refractivity contribution in [2.45, 2.75) is 45.3 Å². The predicted octanol–water partition coefficient (Wildman–Crippen LogP) is 4.29. The molecule has 122 valence electrons. The van der Waals surface area contributed by atoms with Gasteiger partial charge < -0.3 is 15.2 Å². The smallest absolute Gasteiger partial charge is 0.260 e. The Balaban J connectivity index is 1.88. The molecule has 0 saturated heterocycles. The van der Waals surface area contributed by atoms with E-state index in [1.54, 1.807) is 18.2 Å². The predicted molar refractivity (Wildman–Crippen MR) is 92.3 cm³/mol. The number of rotatable bonds is 2. The van der Waals surface area contributed by atoms with Gasteiger partial charge in [0, 0.05) is 11.3 Å². The number of hydrogen-bond acceptors (Lipinski definition) is 4. The van der Waals surface area contributed by atoms with Gasteiger partial charge in [0.05, 0.1) is 21.8 Å². The Labute approximate surface area is 140 Å². The van der Waals surface area contributed by atoms with Gasteiger partial charge in [0.2, 0.25) is 0 Å². The molecule has 2 heterocycles. The van der Waals surface area contributed by atoms with Gasteiger partial charge in [-0.15, -0.1) is 11.3 Å². The number of carbonyl (C=O) groups excluding carboxylic acids is 1. The second-order valence-corrected chi connectivity index (χ2v) is 8.04. The van der Waals surface area contributed by atoms with E-state index in [-0.39, 0.29) is 28.4 Å². The zero-order valence-corrected chi connectivity index (χ0v) is 14.6. The molecule has 0 spiro atoms. The molecule has 0 fully saturated rings. The number of carbonyl (C=O) groups is 1. The second-order valence-electron chi connectivity index (χ2n) is 6.99. The molecule has 3 rings (SSSR count). The molecule has 0 aliphatic carbocycles. The number of ether oxygens (including phenoxy) is 1. The first kappa shape index (κ1) is 16.0. The molecule has 0 radical (unpaired) electrons. The number of nitrogens with one attached hydrogen (secondary N) is 1. The number of anilines is 1. The quantitative estimate of drug-likeness (QED) is 0.863. The minimum absolute atomic E-state index is 0.0175. The highest BCUT2D eigenvalue weighted by Crippen LogP contribution is 2.45. The molecule has 1 aliphatic rings. The summed E-state index contributed by atoms with van der Waals surface area (Å²) in [6.07, 6.45) is 0.814. The lowest BCUT2D eigenvalue weighted by atomic mass is 9.89. The third-order valence-corrected chi connectivity index (χ3v) is 5.29. The Morgan fingerprint density at radius 3 is 2.65 bits per heavy atom. The van der Waals surface area contributed by atoms with E-state index in [1.165, 1.54) is 23.0 Å². The lowest BCUT2D eigenvalue weighted by molar-refractivity contribution is -0.135. The molecular formula is C18H21NO3S. The number of benzene rings is 1. The molecule has 0 atom stereocenters. The normalized spacial score (nSPS) is 18.3. The first-order chi connectivity index (χ1) is 10.7. The summed E-state index contributed by atoms with van der Waals surface area (Å²) in [5.74, 6) is -0.323. The standard InChI is InChI=1S/C18H21NO3S/c1-17(2)10-11-9-14(23-15(11)18(3,4)22-17)19-16(21)12-7-5-6-8-13(12)20/h5-9,20H,10H2,1-4H3,(H,19,21). The van der Waals surface area contributed by atoms with Crippen molar-refractivity contribution in [3.05, 3.63) is 46.3 Å². The highest BCUT2D eigenvalue weighted by atomic mass is 32.1. The summed E-state index contributed by atoms with van der Waals surface area (Å²) >= 11 is 1.53. The van der Waals surface area contributed by atoms with Crippen LogP contribution in [0.15, 0.2) is 30.3 Å².